The molecule has 2 aromatic carbocycles. The van der Waals surface area contributed by atoms with Crippen LogP contribution in [0.1, 0.15) is 17.5 Å². The summed E-state index contributed by atoms with van der Waals surface area (Å²) < 4.78 is 22.9. The van der Waals surface area contributed by atoms with Crippen LogP contribution in [0, 0.1) is 11.8 Å². The number of hydrogen-bond donors (Lipinski definition) is 1. The zero-order valence-electron chi connectivity index (χ0n) is 14.1. The van der Waals surface area contributed by atoms with E-state index in [4.69, 9.17) is 0 Å². The van der Waals surface area contributed by atoms with Crippen molar-refractivity contribution >= 4 is 33.2 Å². The topological polar surface area (TPSA) is 63.2 Å². The molecular formula is C20H19NO3S2. The van der Waals surface area contributed by atoms with Gasteiger partial charge in [-0.25, -0.2) is 8.42 Å². The van der Waals surface area contributed by atoms with Gasteiger partial charge in [-0.2, -0.15) is 0 Å². The van der Waals surface area contributed by atoms with E-state index in [1.165, 1.54) is 11.8 Å². The summed E-state index contributed by atoms with van der Waals surface area (Å²) in [6.45, 7) is 0. The highest BCUT2D eigenvalue weighted by Crippen LogP contribution is 2.24. The summed E-state index contributed by atoms with van der Waals surface area (Å²) in [5.41, 5.74) is 2.44. The van der Waals surface area contributed by atoms with Gasteiger partial charge in [0.25, 0.3) is 0 Å². The first-order chi connectivity index (χ1) is 12.5. The van der Waals surface area contributed by atoms with Crippen LogP contribution in [0.2, 0.25) is 0 Å². The van der Waals surface area contributed by atoms with Gasteiger partial charge in [0.05, 0.1) is 17.3 Å². The summed E-state index contributed by atoms with van der Waals surface area (Å²) in [5.74, 6) is 6.70. The van der Waals surface area contributed by atoms with E-state index in [-0.39, 0.29) is 28.4 Å². The van der Waals surface area contributed by atoms with Gasteiger partial charge in [-0.05, 0) is 36.8 Å². The molecule has 1 atom stereocenters. The Morgan fingerprint density at radius 2 is 1.81 bits per heavy atom. The highest BCUT2D eigenvalue weighted by Gasteiger charge is 2.28. The van der Waals surface area contributed by atoms with Crippen LogP contribution < -0.4 is 5.32 Å². The van der Waals surface area contributed by atoms with E-state index in [2.05, 4.69) is 17.2 Å². The number of anilines is 1. The van der Waals surface area contributed by atoms with Gasteiger partial charge in [0, 0.05) is 22.1 Å². The molecular weight excluding hydrogens is 366 g/mol. The fraction of sp³-hybridized carbons (Fsp3) is 0.250. The number of carbonyl (C=O) groups is 1. The van der Waals surface area contributed by atoms with Crippen molar-refractivity contribution in [2.75, 3.05) is 22.6 Å². The van der Waals surface area contributed by atoms with Crippen LogP contribution in [0.25, 0.3) is 0 Å². The van der Waals surface area contributed by atoms with Gasteiger partial charge >= 0.3 is 0 Å². The number of amides is 1. The van der Waals surface area contributed by atoms with Gasteiger partial charge in [-0.15, -0.1) is 11.8 Å². The Morgan fingerprint density at radius 1 is 1.08 bits per heavy atom. The van der Waals surface area contributed by atoms with Crippen molar-refractivity contribution in [1.82, 2.24) is 0 Å². The maximum Gasteiger partial charge on any atom is 0.234 e. The second kappa shape index (κ2) is 8.43. The summed E-state index contributed by atoms with van der Waals surface area (Å²) in [7, 11) is -2.90. The van der Waals surface area contributed by atoms with E-state index in [9.17, 15) is 13.2 Å². The van der Waals surface area contributed by atoms with Crippen LogP contribution in [0.3, 0.4) is 0 Å². The molecule has 26 heavy (non-hydrogen) atoms. The van der Waals surface area contributed by atoms with E-state index >= 15 is 0 Å². The molecule has 0 spiro atoms. The van der Waals surface area contributed by atoms with Crippen molar-refractivity contribution < 1.29 is 13.2 Å². The standard InChI is InChI=1S/C20H19NO3S2/c22-20(14-25-19-11-12-26(23,24)15-19)21-18-8-4-7-17(13-18)10-9-16-5-2-1-3-6-16/h1-8,13,19H,11-12,14-15H2,(H,21,22). The Labute approximate surface area is 158 Å². The normalized spacial score (nSPS) is 17.9. The van der Waals surface area contributed by atoms with Crippen molar-refractivity contribution in [3.05, 3.63) is 65.7 Å². The summed E-state index contributed by atoms with van der Waals surface area (Å²) in [4.78, 5) is 12.1. The molecule has 1 heterocycles. The summed E-state index contributed by atoms with van der Waals surface area (Å²) in [5, 5.41) is 2.87. The predicted octanol–water partition coefficient (Wildman–Crippen LogP) is 2.95. The quantitative estimate of drug-likeness (QED) is 0.822. The van der Waals surface area contributed by atoms with Crippen LogP contribution in [0.15, 0.2) is 54.6 Å². The van der Waals surface area contributed by atoms with Gasteiger partial charge < -0.3 is 5.32 Å². The number of hydrogen-bond acceptors (Lipinski definition) is 4. The minimum absolute atomic E-state index is 0.0221. The van der Waals surface area contributed by atoms with Crippen LogP contribution in [0.5, 0.6) is 0 Å². The molecule has 3 rings (SSSR count). The van der Waals surface area contributed by atoms with E-state index in [1.807, 2.05) is 54.6 Å². The Hall–Kier alpha value is -2.23. The minimum atomic E-state index is -2.90. The third-order valence-corrected chi connectivity index (χ3v) is 7.19. The summed E-state index contributed by atoms with van der Waals surface area (Å²) in [6, 6.07) is 17.1. The first kappa shape index (κ1) is 18.6. The molecule has 0 aliphatic carbocycles. The SMILES string of the molecule is O=C(CSC1CCS(=O)(=O)C1)Nc1cccc(C#Cc2ccccc2)c1. The maximum absolute atomic E-state index is 12.1. The van der Waals surface area contributed by atoms with Crippen LogP contribution >= 0.6 is 11.8 Å². The lowest BCUT2D eigenvalue weighted by Gasteiger charge is -2.08. The minimum Gasteiger partial charge on any atom is -0.325 e. The maximum atomic E-state index is 12.1. The van der Waals surface area contributed by atoms with Gasteiger partial charge in [-0.1, -0.05) is 36.1 Å². The highest BCUT2D eigenvalue weighted by atomic mass is 32.2. The third kappa shape index (κ3) is 5.65. The summed E-state index contributed by atoms with van der Waals surface area (Å²) in [6.07, 6.45) is 0.630. The number of thioether (sulfide) groups is 1. The van der Waals surface area contributed by atoms with Gasteiger partial charge in [0.15, 0.2) is 9.84 Å². The van der Waals surface area contributed by atoms with Gasteiger partial charge in [-0.3, -0.25) is 4.79 Å². The molecule has 1 N–H and O–H groups in total. The van der Waals surface area contributed by atoms with Crippen molar-refractivity contribution in [2.24, 2.45) is 0 Å². The molecule has 0 bridgehead atoms. The fourth-order valence-electron chi connectivity index (χ4n) is 2.62. The first-order valence-corrected chi connectivity index (χ1v) is 11.2. The van der Waals surface area contributed by atoms with Crippen LogP contribution in [-0.4, -0.2) is 36.8 Å². The number of nitrogens with one attached hydrogen (secondary N) is 1. The molecule has 1 aliphatic rings. The lowest BCUT2D eigenvalue weighted by molar-refractivity contribution is -0.113. The largest absolute Gasteiger partial charge is 0.325 e. The first-order valence-electron chi connectivity index (χ1n) is 8.29. The Morgan fingerprint density at radius 3 is 2.54 bits per heavy atom. The molecule has 4 nitrogen and oxygen atoms in total. The second-order valence-electron chi connectivity index (χ2n) is 6.08. The second-order valence-corrected chi connectivity index (χ2v) is 9.60. The van der Waals surface area contributed by atoms with E-state index in [1.54, 1.807) is 0 Å². The molecule has 0 aromatic heterocycles. The summed E-state index contributed by atoms with van der Waals surface area (Å²) >= 11 is 1.41. The third-order valence-electron chi connectivity index (χ3n) is 3.91. The Kier molecular flexibility index (Phi) is 6.02. The van der Waals surface area contributed by atoms with Crippen molar-refractivity contribution in [3.8, 4) is 11.8 Å². The molecule has 1 unspecified atom stereocenters. The van der Waals surface area contributed by atoms with E-state index in [0.717, 1.165) is 11.1 Å². The highest BCUT2D eigenvalue weighted by molar-refractivity contribution is 8.02. The Balaban J connectivity index is 1.55. The molecule has 1 fully saturated rings. The van der Waals surface area contributed by atoms with Crippen molar-refractivity contribution in [2.45, 2.75) is 11.7 Å². The molecule has 2 aromatic rings. The van der Waals surface area contributed by atoms with E-state index in [0.29, 0.717) is 12.1 Å². The molecule has 1 amide bonds. The average Bonchev–Trinajstić information content (AvgIpc) is 2.98. The molecule has 6 heteroatoms. The molecule has 1 saturated heterocycles. The molecule has 0 saturated carbocycles. The van der Waals surface area contributed by atoms with Crippen LogP contribution in [0.4, 0.5) is 5.69 Å². The van der Waals surface area contributed by atoms with Gasteiger partial charge in [0.2, 0.25) is 5.91 Å². The number of benzene rings is 2. The molecule has 0 radical (unpaired) electrons. The smallest absolute Gasteiger partial charge is 0.234 e. The lowest BCUT2D eigenvalue weighted by atomic mass is 10.1. The molecule has 1 aliphatic heterocycles. The predicted molar refractivity (Wildman–Crippen MR) is 107 cm³/mol. The van der Waals surface area contributed by atoms with Crippen molar-refractivity contribution in [3.63, 3.8) is 0 Å². The fourth-order valence-corrected chi connectivity index (χ4v) is 6.07. The number of carbonyl (C=O) groups excluding carboxylic acids is 1. The van der Waals surface area contributed by atoms with Crippen molar-refractivity contribution in [1.29, 1.82) is 0 Å². The van der Waals surface area contributed by atoms with Crippen LogP contribution in [-0.2, 0) is 14.6 Å². The number of rotatable bonds is 4. The monoisotopic (exact) mass is 385 g/mol. The number of sulfone groups is 1. The van der Waals surface area contributed by atoms with E-state index < -0.39 is 9.84 Å². The average molecular weight is 386 g/mol. The Bertz CT molecular complexity index is 944. The molecule has 134 valence electrons. The van der Waals surface area contributed by atoms with Gasteiger partial charge in [0.1, 0.15) is 0 Å². The zero-order valence-corrected chi connectivity index (χ0v) is 15.8. The lowest BCUT2D eigenvalue weighted by Crippen LogP contribution is -2.17. The zero-order chi connectivity index (χ0) is 18.4.